The van der Waals surface area contributed by atoms with Crippen molar-refractivity contribution >= 4 is 23.2 Å². The third kappa shape index (κ3) is 3.40. The summed E-state index contributed by atoms with van der Waals surface area (Å²) in [5, 5.41) is 15.3. The largest absolute Gasteiger partial charge is 0.389 e. The average molecular weight is 463 g/mol. The number of benzene rings is 2. The lowest BCUT2D eigenvalue weighted by molar-refractivity contribution is -0.102. The van der Waals surface area contributed by atoms with E-state index in [0.717, 1.165) is 44.1 Å². The molecule has 0 bridgehead atoms. The van der Waals surface area contributed by atoms with Gasteiger partial charge in [0.15, 0.2) is 0 Å². The van der Waals surface area contributed by atoms with Crippen molar-refractivity contribution in [2.75, 3.05) is 7.05 Å². The van der Waals surface area contributed by atoms with Crippen LogP contribution in [-0.2, 0) is 12.8 Å². The Labute approximate surface area is 201 Å². The zero-order valence-electron chi connectivity index (χ0n) is 19.3. The summed E-state index contributed by atoms with van der Waals surface area (Å²) in [4.78, 5) is 15.5. The van der Waals surface area contributed by atoms with Gasteiger partial charge in [0.05, 0.1) is 17.2 Å². The number of hydrogen-bond acceptors (Lipinski definition) is 2. The molecule has 33 heavy (non-hydrogen) atoms. The molecule has 5 atom stereocenters. The summed E-state index contributed by atoms with van der Waals surface area (Å²) >= 11 is 6.59. The average Bonchev–Trinajstić information content (AvgIpc) is 3.09. The van der Waals surface area contributed by atoms with Crippen LogP contribution in [0.2, 0.25) is 5.02 Å². The highest BCUT2D eigenvalue weighted by molar-refractivity contribution is 6.34. The topological polar surface area (TPSA) is 53.7 Å². The molecule has 2 N–H and O–H groups in total. The summed E-state index contributed by atoms with van der Waals surface area (Å²) in [5.74, 6) is 1.42. The zero-order chi connectivity index (χ0) is 23.4. The van der Waals surface area contributed by atoms with Crippen molar-refractivity contribution in [3.8, 4) is 0 Å². The van der Waals surface area contributed by atoms with Crippen LogP contribution in [0.3, 0.4) is 0 Å². The van der Waals surface area contributed by atoms with Gasteiger partial charge in [-0.3, -0.25) is 4.79 Å². The third-order valence-electron chi connectivity index (χ3n) is 9.21. The Kier molecular flexibility index (Phi) is 5.54. The molecule has 0 radical (unpaired) electrons. The minimum Gasteiger partial charge on any atom is -0.389 e. The van der Waals surface area contributed by atoms with Gasteiger partial charge in [-0.25, -0.2) is 4.85 Å². The maximum atomic E-state index is 12.0. The molecule has 2 aromatic rings. The van der Waals surface area contributed by atoms with Gasteiger partial charge in [0.1, 0.15) is 0 Å². The number of hydrogen-bond donors (Lipinski definition) is 2. The first-order chi connectivity index (χ1) is 15.8. The Hall–Kier alpha value is -2.35. The maximum Gasteiger partial charge on any atom is 0.251 e. The number of amides is 1. The van der Waals surface area contributed by atoms with E-state index in [2.05, 4.69) is 23.2 Å². The van der Waals surface area contributed by atoms with E-state index in [4.69, 9.17) is 18.2 Å². The minimum absolute atomic E-state index is 0.0901. The Morgan fingerprint density at radius 3 is 2.64 bits per heavy atom. The zero-order valence-corrected chi connectivity index (χ0v) is 20.1. The Bertz CT molecular complexity index is 1140. The summed E-state index contributed by atoms with van der Waals surface area (Å²) in [7, 11) is 1.64. The van der Waals surface area contributed by atoms with E-state index in [1.54, 1.807) is 7.05 Å². The fraction of sp³-hybridized carbons (Fsp3) is 0.500. The van der Waals surface area contributed by atoms with Gasteiger partial charge in [-0.2, -0.15) is 0 Å². The van der Waals surface area contributed by atoms with Crippen LogP contribution >= 0.6 is 11.6 Å². The quantitative estimate of drug-likeness (QED) is 0.543. The molecule has 0 saturated heterocycles. The van der Waals surface area contributed by atoms with Crippen LogP contribution in [0.15, 0.2) is 36.4 Å². The molecule has 0 aromatic heterocycles. The van der Waals surface area contributed by atoms with Crippen molar-refractivity contribution in [3.05, 3.63) is 75.1 Å². The van der Waals surface area contributed by atoms with E-state index in [1.165, 1.54) is 11.1 Å². The molecule has 5 heteroatoms. The molecule has 3 unspecified atom stereocenters. The van der Waals surface area contributed by atoms with E-state index in [0.29, 0.717) is 40.4 Å². The molecule has 1 amide bonds. The summed E-state index contributed by atoms with van der Waals surface area (Å²) in [6, 6.07) is 11.7. The summed E-state index contributed by atoms with van der Waals surface area (Å²) in [5.41, 5.74) is 3.96. The summed E-state index contributed by atoms with van der Waals surface area (Å²) < 4.78 is 0. The molecule has 3 aliphatic carbocycles. The fourth-order valence-electron chi connectivity index (χ4n) is 7.36. The Balaban J connectivity index is 1.40. The monoisotopic (exact) mass is 462 g/mol. The standard InChI is InChI=1S/C28H31ClN2O2/c1-27-14-12-20-19-10-11-24(30-2)25(29)22(19)9-8-21(20)23(27)13-15-28(27,33)16-17-4-6-18(7-5-17)26(32)31-3/h4-7,10-11,20-21,23,33H,8-9,12-16H2,1,3H3,(H,31,32)/t20?,21?,23?,27-,28+/m0/s1. The summed E-state index contributed by atoms with van der Waals surface area (Å²) in [6.07, 6.45) is 6.54. The second-order valence-corrected chi connectivity index (χ2v) is 10.9. The van der Waals surface area contributed by atoms with Gasteiger partial charge in [-0.05, 0) is 90.5 Å². The van der Waals surface area contributed by atoms with Crippen LogP contribution in [0.5, 0.6) is 0 Å². The molecule has 0 heterocycles. The molecule has 4 nitrogen and oxygen atoms in total. The highest BCUT2D eigenvalue weighted by atomic mass is 35.5. The lowest BCUT2D eigenvalue weighted by Crippen LogP contribution is -2.51. The smallest absolute Gasteiger partial charge is 0.251 e. The Morgan fingerprint density at radius 2 is 1.94 bits per heavy atom. The number of halogens is 1. The normalized spacial score (nSPS) is 32.3. The van der Waals surface area contributed by atoms with E-state index in [-0.39, 0.29) is 11.3 Å². The fourth-order valence-corrected chi connectivity index (χ4v) is 7.66. The third-order valence-corrected chi connectivity index (χ3v) is 9.63. The first-order valence-electron chi connectivity index (χ1n) is 12.0. The van der Waals surface area contributed by atoms with Crippen LogP contribution in [-0.4, -0.2) is 23.7 Å². The van der Waals surface area contributed by atoms with Crippen molar-refractivity contribution in [1.82, 2.24) is 5.32 Å². The number of rotatable bonds is 3. The number of fused-ring (bicyclic) bond motifs is 5. The van der Waals surface area contributed by atoms with E-state index < -0.39 is 5.60 Å². The van der Waals surface area contributed by atoms with Crippen LogP contribution in [0.1, 0.15) is 72.0 Å². The molecule has 2 saturated carbocycles. The van der Waals surface area contributed by atoms with Crippen molar-refractivity contribution in [1.29, 1.82) is 0 Å². The number of nitrogens with zero attached hydrogens (tertiary/aromatic N) is 1. The SMILES string of the molecule is [C-]#[N+]c1ccc2c(c1Cl)CCC1C2CC[C@@]2(C)C1CC[C@@]2(O)Cc1ccc(C(=O)NC)cc1. The van der Waals surface area contributed by atoms with Gasteiger partial charge in [0, 0.05) is 19.0 Å². The lowest BCUT2D eigenvalue weighted by atomic mass is 9.52. The number of carbonyl (C=O) groups excluding carboxylic acids is 1. The van der Waals surface area contributed by atoms with Gasteiger partial charge >= 0.3 is 0 Å². The number of aliphatic hydroxyl groups is 1. The van der Waals surface area contributed by atoms with Crippen LogP contribution in [0.4, 0.5) is 5.69 Å². The molecule has 5 rings (SSSR count). The van der Waals surface area contributed by atoms with Gasteiger partial charge in [-0.15, -0.1) is 0 Å². The van der Waals surface area contributed by atoms with Crippen LogP contribution in [0.25, 0.3) is 4.85 Å². The van der Waals surface area contributed by atoms with Crippen molar-refractivity contribution in [2.24, 2.45) is 17.3 Å². The second-order valence-electron chi connectivity index (χ2n) is 10.5. The van der Waals surface area contributed by atoms with E-state index >= 15 is 0 Å². The van der Waals surface area contributed by atoms with Gasteiger partial charge < -0.3 is 10.4 Å². The maximum absolute atomic E-state index is 12.0. The molecule has 0 aliphatic heterocycles. The highest BCUT2D eigenvalue weighted by Crippen LogP contribution is 2.65. The highest BCUT2D eigenvalue weighted by Gasteiger charge is 2.61. The Morgan fingerprint density at radius 1 is 1.18 bits per heavy atom. The first kappa shape index (κ1) is 22.4. The van der Waals surface area contributed by atoms with Crippen molar-refractivity contribution in [3.63, 3.8) is 0 Å². The molecule has 172 valence electrons. The predicted molar refractivity (Wildman–Crippen MR) is 131 cm³/mol. The molecular weight excluding hydrogens is 432 g/mol. The number of carbonyl (C=O) groups is 1. The van der Waals surface area contributed by atoms with Gasteiger partial charge in [0.25, 0.3) is 5.91 Å². The molecule has 0 spiro atoms. The number of nitrogens with one attached hydrogen (secondary N) is 1. The van der Waals surface area contributed by atoms with Crippen molar-refractivity contribution in [2.45, 2.75) is 63.4 Å². The predicted octanol–water partition coefficient (Wildman–Crippen LogP) is 6.08. The molecule has 3 aliphatic rings. The van der Waals surface area contributed by atoms with Crippen LogP contribution in [0, 0.1) is 23.8 Å². The van der Waals surface area contributed by atoms with E-state index in [9.17, 15) is 9.90 Å². The van der Waals surface area contributed by atoms with Crippen LogP contribution < -0.4 is 5.32 Å². The van der Waals surface area contributed by atoms with Gasteiger partial charge in [0.2, 0.25) is 5.69 Å². The first-order valence-corrected chi connectivity index (χ1v) is 12.4. The van der Waals surface area contributed by atoms with Gasteiger partial charge in [-0.1, -0.05) is 42.8 Å². The minimum atomic E-state index is -0.733. The van der Waals surface area contributed by atoms with Crippen molar-refractivity contribution < 1.29 is 9.90 Å². The lowest BCUT2D eigenvalue weighted by Gasteiger charge is -2.53. The van der Waals surface area contributed by atoms with E-state index in [1.807, 2.05) is 30.3 Å². The summed E-state index contributed by atoms with van der Waals surface area (Å²) in [6.45, 7) is 9.69. The second kappa shape index (κ2) is 8.15. The molecule has 2 fully saturated rings. The molecular formula is C28H31ClN2O2. The molecule has 2 aromatic carbocycles.